The van der Waals surface area contributed by atoms with Gasteiger partial charge in [-0.15, -0.1) is 0 Å². The third kappa shape index (κ3) is 8.00. The highest BCUT2D eigenvalue weighted by atomic mass is 35.5. The SMILES string of the molecule is Cc1c(Cl)cccc1N(CCCC(=O)N(Cc1c(Cl)cccc1Cl)C(C)C(=O)NC(C)C)S(C)(=O)=O. The fraction of sp³-hybridized carbons (Fsp3) is 0.440. The number of carbonyl (C=O) groups excluding carboxylic acids is 2. The van der Waals surface area contributed by atoms with Crippen molar-refractivity contribution in [1.29, 1.82) is 0 Å². The van der Waals surface area contributed by atoms with Crippen LogP contribution in [0.4, 0.5) is 5.69 Å². The van der Waals surface area contributed by atoms with Crippen LogP contribution in [0, 0.1) is 6.92 Å². The van der Waals surface area contributed by atoms with E-state index in [-0.39, 0.29) is 43.8 Å². The van der Waals surface area contributed by atoms with Crippen LogP contribution in [-0.2, 0) is 26.2 Å². The molecule has 1 unspecified atom stereocenters. The van der Waals surface area contributed by atoms with Crippen molar-refractivity contribution in [1.82, 2.24) is 10.2 Å². The molecule has 2 amide bonds. The molecule has 0 aromatic heterocycles. The topological polar surface area (TPSA) is 86.8 Å². The van der Waals surface area contributed by atoms with E-state index in [4.69, 9.17) is 34.8 Å². The van der Waals surface area contributed by atoms with Crippen molar-refractivity contribution in [2.45, 2.75) is 59.2 Å². The second-order valence-electron chi connectivity index (χ2n) is 8.88. The first kappa shape index (κ1) is 30.2. The molecule has 0 spiro atoms. The summed E-state index contributed by atoms with van der Waals surface area (Å²) in [6.07, 6.45) is 1.34. The highest BCUT2D eigenvalue weighted by Gasteiger charge is 2.28. The van der Waals surface area contributed by atoms with Gasteiger partial charge in [0.2, 0.25) is 21.8 Å². The third-order valence-electron chi connectivity index (χ3n) is 5.65. The lowest BCUT2D eigenvalue weighted by molar-refractivity contribution is -0.140. The molecule has 0 aliphatic rings. The summed E-state index contributed by atoms with van der Waals surface area (Å²) in [6.45, 7) is 7.15. The Bertz CT molecular complexity index is 1180. The predicted molar refractivity (Wildman–Crippen MR) is 147 cm³/mol. The Labute approximate surface area is 228 Å². The molecular weight excluding hydrogens is 545 g/mol. The number of sulfonamides is 1. The van der Waals surface area contributed by atoms with Gasteiger partial charge in [-0.05, 0) is 63.9 Å². The molecule has 2 aromatic carbocycles. The van der Waals surface area contributed by atoms with Crippen LogP contribution in [-0.4, -0.2) is 50.0 Å². The van der Waals surface area contributed by atoms with Crippen molar-refractivity contribution >= 4 is 62.3 Å². The summed E-state index contributed by atoms with van der Waals surface area (Å²) in [7, 11) is -3.63. The largest absolute Gasteiger partial charge is 0.352 e. The first-order valence-electron chi connectivity index (χ1n) is 11.5. The molecule has 36 heavy (non-hydrogen) atoms. The van der Waals surface area contributed by atoms with Crippen LogP contribution < -0.4 is 9.62 Å². The molecule has 0 radical (unpaired) electrons. The molecule has 0 heterocycles. The van der Waals surface area contributed by atoms with E-state index in [1.807, 2.05) is 13.8 Å². The number of carbonyl (C=O) groups is 2. The normalized spacial score (nSPS) is 12.4. The zero-order chi connectivity index (χ0) is 27.2. The molecule has 2 aromatic rings. The number of halogens is 3. The van der Waals surface area contributed by atoms with E-state index >= 15 is 0 Å². The minimum Gasteiger partial charge on any atom is -0.352 e. The maximum absolute atomic E-state index is 13.4. The number of nitrogens with one attached hydrogen (secondary N) is 1. The first-order chi connectivity index (χ1) is 16.7. The zero-order valence-electron chi connectivity index (χ0n) is 21.0. The second kappa shape index (κ2) is 13.0. The minimum absolute atomic E-state index is 0.00695. The fourth-order valence-corrected chi connectivity index (χ4v) is 5.39. The lowest BCUT2D eigenvalue weighted by atomic mass is 10.1. The van der Waals surface area contributed by atoms with Crippen LogP contribution in [0.2, 0.25) is 15.1 Å². The Morgan fingerprint density at radius 1 is 0.972 bits per heavy atom. The third-order valence-corrected chi connectivity index (χ3v) is 7.95. The number of amides is 2. The molecule has 11 heteroatoms. The molecule has 198 valence electrons. The van der Waals surface area contributed by atoms with Crippen LogP contribution >= 0.6 is 34.8 Å². The summed E-state index contributed by atoms with van der Waals surface area (Å²) in [5.41, 5.74) is 1.62. The lowest BCUT2D eigenvalue weighted by Crippen LogP contribution is -2.49. The number of anilines is 1. The van der Waals surface area contributed by atoms with Crippen molar-refractivity contribution in [2.75, 3.05) is 17.1 Å². The van der Waals surface area contributed by atoms with E-state index < -0.39 is 16.1 Å². The Morgan fingerprint density at radius 2 is 1.53 bits per heavy atom. The standard InChI is InChI=1S/C25H32Cl3N3O4S/c1-16(2)29-25(33)18(4)30(15-19-21(27)10-6-11-22(19)28)24(32)13-8-14-31(36(5,34)35)23-12-7-9-20(26)17(23)3/h6-7,9-12,16,18H,8,13-15H2,1-5H3,(H,29,33). The summed E-state index contributed by atoms with van der Waals surface area (Å²) in [4.78, 5) is 27.5. The van der Waals surface area contributed by atoms with Crippen LogP contribution in [0.3, 0.4) is 0 Å². The van der Waals surface area contributed by atoms with Crippen LogP contribution in [0.1, 0.15) is 44.7 Å². The molecule has 0 saturated carbocycles. The second-order valence-corrected chi connectivity index (χ2v) is 12.0. The smallest absolute Gasteiger partial charge is 0.242 e. The van der Waals surface area contributed by atoms with Crippen molar-refractivity contribution in [2.24, 2.45) is 0 Å². The van der Waals surface area contributed by atoms with Gasteiger partial charge in [-0.3, -0.25) is 13.9 Å². The van der Waals surface area contributed by atoms with Gasteiger partial charge in [-0.1, -0.05) is 46.9 Å². The van der Waals surface area contributed by atoms with Gasteiger partial charge in [-0.2, -0.15) is 0 Å². The van der Waals surface area contributed by atoms with E-state index in [0.717, 1.165) is 6.26 Å². The Morgan fingerprint density at radius 3 is 2.08 bits per heavy atom. The van der Waals surface area contributed by atoms with Crippen LogP contribution in [0.25, 0.3) is 0 Å². The van der Waals surface area contributed by atoms with E-state index in [9.17, 15) is 18.0 Å². The summed E-state index contributed by atoms with van der Waals surface area (Å²) >= 11 is 18.9. The summed E-state index contributed by atoms with van der Waals surface area (Å²) in [5.74, 6) is -0.637. The molecule has 0 aliphatic carbocycles. The van der Waals surface area contributed by atoms with Crippen molar-refractivity contribution in [3.8, 4) is 0 Å². The monoisotopic (exact) mass is 575 g/mol. The number of benzene rings is 2. The van der Waals surface area contributed by atoms with Gasteiger partial charge in [0.25, 0.3) is 0 Å². The minimum atomic E-state index is -3.63. The molecule has 0 fully saturated rings. The molecule has 0 saturated heterocycles. The number of rotatable bonds is 11. The van der Waals surface area contributed by atoms with Gasteiger partial charge in [0.15, 0.2) is 0 Å². The van der Waals surface area contributed by atoms with Crippen molar-refractivity contribution < 1.29 is 18.0 Å². The number of nitrogens with zero attached hydrogens (tertiary/aromatic N) is 2. The van der Waals surface area contributed by atoms with Crippen LogP contribution in [0.15, 0.2) is 36.4 Å². The zero-order valence-corrected chi connectivity index (χ0v) is 24.1. The summed E-state index contributed by atoms with van der Waals surface area (Å²) < 4.78 is 26.3. The van der Waals surface area contributed by atoms with Gasteiger partial charge in [0.1, 0.15) is 6.04 Å². The van der Waals surface area contributed by atoms with Gasteiger partial charge in [0, 0.05) is 46.2 Å². The highest BCUT2D eigenvalue weighted by molar-refractivity contribution is 7.92. The van der Waals surface area contributed by atoms with Gasteiger partial charge < -0.3 is 10.2 Å². The maximum Gasteiger partial charge on any atom is 0.242 e. The molecular formula is C25H32Cl3N3O4S. The number of hydrogen-bond acceptors (Lipinski definition) is 4. The Kier molecular flexibility index (Phi) is 10.9. The molecule has 0 bridgehead atoms. The quantitative estimate of drug-likeness (QED) is 0.386. The van der Waals surface area contributed by atoms with Gasteiger partial charge >= 0.3 is 0 Å². The first-order valence-corrected chi connectivity index (χ1v) is 14.5. The average molecular weight is 577 g/mol. The molecule has 1 N–H and O–H groups in total. The van der Waals surface area contributed by atoms with Crippen LogP contribution in [0.5, 0.6) is 0 Å². The molecule has 1 atom stereocenters. The fourth-order valence-electron chi connectivity index (χ4n) is 3.69. The molecule has 0 aliphatic heterocycles. The average Bonchev–Trinajstić information content (AvgIpc) is 2.77. The van der Waals surface area contributed by atoms with E-state index in [1.54, 1.807) is 50.2 Å². The molecule has 2 rings (SSSR count). The summed E-state index contributed by atoms with van der Waals surface area (Å²) in [5, 5.41) is 4.04. The van der Waals surface area contributed by atoms with Gasteiger partial charge in [-0.25, -0.2) is 8.42 Å². The lowest BCUT2D eigenvalue weighted by Gasteiger charge is -2.30. The van der Waals surface area contributed by atoms with Gasteiger partial charge in [0.05, 0.1) is 11.9 Å². The van der Waals surface area contributed by atoms with E-state index in [2.05, 4.69) is 5.32 Å². The predicted octanol–water partition coefficient (Wildman–Crippen LogP) is 5.44. The Hall–Kier alpha value is -2.00. The number of hydrogen-bond donors (Lipinski definition) is 1. The highest BCUT2D eigenvalue weighted by Crippen LogP contribution is 2.29. The molecule has 7 nitrogen and oxygen atoms in total. The van der Waals surface area contributed by atoms with Crippen molar-refractivity contribution in [3.63, 3.8) is 0 Å². The van der Waals surface area contributed by atoms with Crippen molar-refractivity contribution in [3.05, 3.63) is 62.6 Å². The summed E-state index contributed by atoms with van der Waals surface area (Å²) in [6, 6.07) is 9.17. The van der Waals surface area contributed by atoms with E-state index in [1.165, 1.54) is 9.21 Å². The maximum atomic E-state index is 13.4. The van der Waals surface area contributed by atoms with E-state index in [0.29, 0.717) is 31.9 Å². The Balaban J connectivity index is 2.26.